The van der Waals surface area contributed by atoms with Gasteiger partial charge in [-0.3, -0.25) is 0 Å². The van der Waals surface area contributed by atoms with Gasteiger partial charge in [0.1, 0.15) is 12.4 Å². The lowest BCUT2D eigenvalue weighted by Crippen LogP contribution is -2.36. The Bertz CT molecular complexity index is 411. The SMILES string of the molecule is CC1CCCC(NCCOc2ccc(F)cc2F)C1. The van der Waals surface area contributed by atoms with E-state index >= 15 is 0 Å². The topological polar surface area (TPSA) is 21.3 Å². The van der Waals surface area contributed by atoms with Gasteiger partial charge in [-0.1, -0.05) is 19.8 Å². The normalized spacial score (nSPS) is 23.3. The fourth-order valence-electron chi connectivity index (χ4n) is 2.64. The summed E-state index contributed by atoms with van der Waals surface area (Å²) in [6.07, 6.45) is 4.99. The van der Waals surface area contributed by atoms with Crippen LogP contribution in [0.15, 0.2) is 18.2 Å². The van der Waals surface area contributed by atoms with Crippen molar-refractivity contribution in [2.45, 2.75) is 38.6 Å². The first-order valence-electron chi connectivity index (χ1n) is 6.96. The molecule has 19 heavy (non-hydrogen) atoms. The molecule has 2 rings (SSSR count). The van der Waals surface area contributed by atoms with E-state index in [1.165, 1.54) is 37.8 Å². The molecule has 1 aromatic rings. The zero-order chi connectivity index (χ0) is 13.7. The minimum absolute atomic E-state index is 0.111. The molecule has 0 heterocycles. The highest BCUT2D eigenvalue weighted by Gasteiger charge is 2.17. The van der Waals surface area contributed by atoms with Gasteiger partial charge in [-0.2, -0.15) is 0 Å². The summed E-state index contributed by atoms with van der Waals surface area (Å²) >= 11 is 0. The third-order valence-corrected chi connectivity index (χ3v) is 3.62. The first-order valence-corrected chi connectivity index (χ1v) is 6.96. The summed E-state index contributed by atoms with van der Waals surface area (Å²) in [7, 11) is 0. The summed E-state index contributed by atoms with van der Waals surface area (Å²) in [6, 6.07) is 3.92. The molecule has 1 saturated carbocycles. The molecular weight excluding hydrogens is 248 g/mol. The van der Waals surface area contributed by atoms with E-state index in [9.17, 15) is 8.78 Å². The summed E-state index contributed by atoms with van der Waals surface area (Å²) < 4.78 is 31.3. The van der Waals surface area contributed by atoms with Crippen LogP contribution < -0.4 is 10.1 Å². The molecule has 0 radical (unpaired) electrons. The van der Waals surface area contributed by atoms with Gasteiger partial charge in [0.2, 0.25) is 0 Å². The molecule has 1 aliphatic rings. The Morgan fingerprint density at radius 2 is 2.16 bits per heavy atom. The van der Waals surface area contributed by atoms with Gasteiger partial charge in [-0.05, 0) is 30.9 Å². The van der Waals surface area contributed by atoms with Crippen molar-refractivity contribution in [3.05, 3.63) is 29.8 Å². The second-order valence-corrected chi connectivity index (χ2v) is 5.35. The molecule has 0 saturated heterocycles. The number of halogens is 2. The van der Waals surface area contributed by atoms with E-state index in [-0.39, 0.29) is 5.75 Å². The van der Waals surface area contributed by atoms with Crippen molar-refractivity contribution >= 4 is 0 Å². The fraction of sp³-hybridized carbons (Fsp3) is 0.600. The van der Waals surface area contributed by atoms with E-state index in [1.54, 1.807) is 0 Å². The number of benzene rings is 1. The number of hydrogen-bond donors (Lipinski definition) is 1. The van der Waals surface area contributed by atoms with Gasteiger partial charge in [-0.25, -0.2) is 8.78 Å². The molecular formula is C15H21F2NO. The van der Waals surface area contributed by atoms with Gasteiger partial charge in [0.25, 0.3) is 0 Å². The van der Waals surface area contributed by atoms with Crippen LogP contribution in [-0.2, 0) is 0 Å². The monoisotopic (exact) mass is 269 g/mol. The Balaban J connectivity index is 1.69. The van der Waals surface area contributed by atoms with Crippen molar-refractivity contribution in [1.82, 2.24) is 5.32 Å². The molecule has 0 bridgehead atoms. The number of rotatable bonds is 5. The van der Waals surface area contributed by atoms with Crippen molar-refractivity contribution < 1.29 is 13.5 Å². The molecule has 0 spiro atoms. The second-order valence-electron chi connectivity index (χ2n) is 5.35. The zero-order valence-electron chi connectivity index (χ0n) is 11.3. The summed E-state index contributed by atoms with van der Waals surface area (Å²) in [5.41, 5.74) is 0. The third-order valence-electron chi connectivity index (χ3n) is 3.62. The van der Waals surface area contributed by atoms with E-state index in [1.807, 2.05) is 0 Å². The molecule has 2 atom stereocenters. The van der Waals surface area contributed by atoms with Crippen molar-refractivity contribution in [1.29, 1.82) is 0 Å². The van der Waals surface area contributed by atoms with Gasteiger partial charge >= 0.3 is 0 Å². The lowest BCUT2D eigenvalue weighted by molar-refractivity contribution is 0.260. The number of ether oxygens (including phenoxy) is 1. The summed E-state index contributed by atoms with van der Waals surface area (Å²) in [6.45, 7) is 3.36. The van der Waals surface area contributed by atoms with Crippen LogP contribution in [0.5, 0.6) is 5.75 Å². The number of hydrogen-bond acceptors (Lipinski definition) is 2. The smallest absolute Gasteiger partial charge is 0.167 e. The first-order chi connectivity index (χ1) is 9.15. The first kappa shape index (κ1) is 14.3. The highest BCUT2D eigenvalue weighted by molar-refractivity contribution is 5.24. The highest BCUT2D eigenvalue weighted by Crippen LogP contribution is 2.23. The molecule has 4 heteroatoms. The van der Waals surface area contributed by atoms with E-state index in [0.29, 0.717) is 19.2 Å². The van der Waals surface area contributed by atoms with Gasteiger partial charge < -0.3 is 10.1 Å². The molecule has 0 amide bonds. The lowest BCUT2D eigenvalue weighted by Gasteiger charge is -2.27. The molecule has 0 aromatic heterocycles. The maximum atomic E-state index is 13.3. The predicted octanol–water partition coefficient (Wildman–Crippen LogP) is 3.51. The molecule has 1 aromatic carbocycles. The second kappa shape index (κ2) is 6.85. The van der Waals surface area contributed by atoms with Crippen molar-refractivity contribution in [3.63, 3.8) is 0 Å². The van der Waals surface area contributed by atoms with Gasteiger partial charge in [0, 0.05) is 18.7 Å². The standard InChI is InChI=1S/C15H21F2NO/c1-11-3-2-4-13(9-11)18-7-8-19-15-6-5-12(16)10-14(15)17/h5-6,10-11,13,18H,2-4,7-9H2,1H3. The Labute approximate surface area is 113 Å². The van der Waals surface area contributed by atoms with Crippen LogP contribution in [0.4, 0.5) is 8.78 Å². The van der Waals surface area contributed by atoms with Crippen LogP contribution in [0.3, 0.4) is 0 Å². The van der Waals surface area contributed by atoms with Crippen LogP contribution in [0.1, 0.15) is 32.6 Å². The maximum absolute atomic E-state index is 13.3. The zero-order valence-corrected chi connectivity index (χ0v) is 11.3. The van der Waals surface area contributed by atoms with Gasteiger partial charge in [-0.15, -0.1) is 0 Å². The quantitative estimate of drug-likeness (QED) is 0.826. The predicted molar refractivity (Wildman–Crippen MR) is 71.3 cm³/mol. The molecule has 1 fully saturated rings. The van der Waals surface area contributed by atoms with Crippen molar-refractivity contribution in [2.75, 3.05) is 13.2 Å². The van der Waals surface area contributed by atoms with Crippen LogP contribution in [0.2, 0.25) is 0 Å². The Kier molecular flexibility index (Phi) is 5.14. The fourth-order valence-corrected chi connectivity index (χ4v) is 2.64. The maximum Gasteiger partial charge on any atom is 0.167 e. The van der Waals surface area contributed by atoms with E-state index < -0.39 is 11.6 Å². The Morgan fingerprint density at radius 1 is 1.32 bits per heavy atom. The third kappa shape index (κ3) is 4.46. The molecule has 106 valence electrons. The average molecular weight is 269 g/mol. The minimum Gasteiger partial charge on any atom is -0.489 e. The van der Waals surface area contributed by atoms with Gasteiger partial charge in [0.15, 0.2) is 11.6 Å². The van der Waals surface area contributed by atoms with Crippen LogP contribution >= 0.6 is 0 Å². The Morgan fingerprint density at radius 3 is 2.89 bits per heavy atom. The largest absolute Gasteiger partial charge is 0.489 e. The van der Waals surface area contributed by atoms with E-state index in [0.717, 1.165) is 12.0 Å². The molecule has 1 N–H and O–H groups in total. The Hall–Kier alpha value is -1.16. The van der Waals surface area contributed by atoms with Crippen molar-refractivity contribution in [3.8, 4) is 5.75 Å². The highest BCUT2D eigenvalue weighted by atomic mass is 19.1. The molecule has 2 unspecified atom stereocenters. The minimum atomic E-state index is -0.647. The summed E-state index contributed by atoms with van der Waals surface area (Å²) in [5, 5.41) is 3.43. The van der Waals surface area contributed by atoms with E-state index in [4.69, 9.17) is 4.74 Å². The molecule has 2 nitrogen and oxygen atoms in total. The van der Waals surface area contributed by atoms with Gasteiger partial charge in [0.05, 0.1) is 0 Å². The van der Waals surface area contributed by atoms with Crippen molar-refractivity contribution in [2.24, 2.45) is 5.92 Å². The van der Waals surface area contributed by atoms with Crippen LogP contribution in [0.25, 0.3) is 0 Å². The molecule has 1 aliphatic carbocycles. The van der Waals surface area contributed by atoms with Crippen LogP contribution in [-0.4, -0.2) is 19.2 Å². The van der Waals surface area contributed by atoms with Crippen LogP contribution in [0, 0.1) is 17.6 Å². The molecule has 0 aliphatic heterocycles. The number of nitrogens with one attached hydrogen (secondary N) is 1. The summed E-state index contributed by atoms with van der Waals surface area (Å²) in [4.78, 5) is 0. The average Bonchev–Trinajstić information content (AvgIpc) is 2.37. The van der Waals surface area contributed by atoms with E-state index in [2.05, 4.69) is 12.2 Å². The summed E-state index contributed by atoms with van der Waals surface area (Å²) in [5.74, 6) is -0.340. The lowest BCUT2D eigenvalue weighted by atomic mass is 9.87.